The van der Waals surface area contributed by atoms with Crippen LogP contribution in [0, 0.1) is 0 Å². The number of anilines is 3. The van der Waals surface area contributed by atoms with Gasteiger partial charge in [0.25, 0.3) is 0 Å². The molecule has 0 bridgehead atoms. The zero-order valence-electron chi connectivity index (χ0n) is 12.0. The molecule has 2 aromatic rings. The number of aromatic nitrogens is 3. The van der Waals surface area contributed by atoms with Crippen molar-refractivity contribution in [1.29, 1.82) is 0 Å². The first-order valence-electron chi connectivity index (χ1n) is 7.04. The predicted molar refractivity (Wildman–Crippen MR) is 85.8 cm³/mol. The van der Waals surface area contributed by atoms with Gasteiger partial charge in [-0.15, -0.1) is 11.3 Å². The lowest BCUT2D eigenvalue weighted by Gasteiger charge is -2.35. The van der Waals surface area contributed by atoms with Gasteiger partial charge in [0.15, 0.2) is 5.13 Å². The Kier molecular flexibility index (Phi) is 4.16. The topological polar surface area (TPSA) is 83.2 Å². The smallest absolute Gasteiger partial charge is 0.185 e. The quantitative estimate of drug-likeness (QED) is 0.646. The van der Waals surface area contributed by atoms with E-state index < -0.39 is 0 Å². The highest BCUT2D eigenvalue weighted by Crippen LogP contribution is 2.22. The van der Waals surface area contributed by atoms with E-state index in [4.69, 9.17) is 5.84 Å². The maximum Gasteiger partial charge on any atom is 0.185 e. The van der Waals surface area contributed by atoms with Crippen molar-refractivity contribution in [3.63, 3.8) is 0 Å². The summed E-state index contributed by atoms with van der Waals surface area (Å²) in [6.07, 6.45) is 2.64. The molecule has 112 valence electrons. The largest absolute Gasteiger partial charge is 0.353 e. The number of rotatable bonds is 4. The third-order valence-electron chi connectivity index (χ3n) is 3.52. The molecule has 0 spiro atoms. The molecule has 0 aliphatic carbocycles. The Morgan fingerprint density at radius 3 is 2.62 bits per heavy atom. The van der Waals surface area contributed by atoms with E-state index >= 15 is 0 Å². The van der Waals surface area contributed by atoms with Gasteiger partial charge in [-0.25, -0.2) is 20.8 Å². The average Bonchev–Trinajstić information content (AvgIpc) is 3.09. The molecule has 0 atom stereocenters. The van der Waals surface area contributed by atoms with E-state index in [9.17, 15) is 0 Å². The highest BCUT2D eigenvalue weighted by atomic mass is 32.1. The molecule has 7 nitrogen and oxygen atoms in total. The first kappa shape index (κ1) is 14.0. The Morgan fingerprint density at radius 2 is 2.00 bits per heavy atom. The van der Waals surface area contributed by atoms with E-state index in [2.05, 4.69) is 30.2 Å². The molecule has 3 heterocycles. The molecule has 8 heteroatoms. The van der Waals surface area contributed by atoms with Gasteiger partial charge in [0, 0.05) is 50.2 Å². The minimum absolute atomic E-state index is 0.666. The third-order valence-corrected chi connectivity index (χ3v) is 4.35. The Morgan fingerprint density at radius 1 is 1.24 bits per heavy atom. The minimum atomic E-state index is 0.666. The fraction of sp³-hybridized carbons (Fsp3) is 0.462. The van der Waals surface area contributed by atoms with Crippen molar-refractivity contribution in [3.8, 4) is 0 Å². The van der Waals surface area contributed by atoms with Gasteiger partial charge in [-0.3, -0.25) is 0 Å². The van der Waals surface area contributed by atoms with Crippen molar-refractivity contribution in [3.05, 3.63) is 23.5 Å². The summed E-state index contributed by atoms with van der Waals surface area (Å²) in [5.41, 5.74) is 2.62. The zero-order valence-corrected chi connectivity index (χ0v) is 12.8. The second-order valence-electron chi connectivity index (χ2n) is 4.81. The van der Waals surface area contributed by atoms with Crippen molar-refractivity contribution in [2.24, 2.45) is 5.84 Å². The highest BCUT2D eigenvalue weighted by Gasteiger charge is 2.20. The van der Waals surface area contributed by atoms with Gasteiger partial charge < -0.3 is 15.2 Å². The molecule has 0 aromatic carbocycles. The van der Waals surface area contributed by atoms with Crippen LogP contribution in [0.15, 0.2) is 17.6 Å². The SMILES string of the molecule is CCc1nc(NN)cc(N2CCN(c3nccs3)CC2)n1. The highest BCUT2D eigenvalue weighted by molar-refractivity contribution is 7.13. The summed E-state index contributed by atoms with van der Waals surface area (Å²) in [7, 11) is 0. The van der Waals surface area contributed by atoms with Crippen molar-refractivity contribution in [1.82, 2.24) is 15.0 Å². The van der Waals surface area contributed by atoms with Gasteiger partial charge in [-0.05, 0) is 0 Å². The molecule has 3 rings (SSSR count). The summed E-state index contributed by atoms with van der Waals surface area (Å²) in [6, 6.07) is 1.90. The Bertz CT molecular complexity index is 556. The van der Waals surface area contributed by atoms with Gasteiger partial charge in [0.2, 0.25) is 0 Å². The molecule has 3 N–H and O–H groups in total. The molecule has 1 saturated heterocycles. The molecule has 21 heavy (non-hydrogen) atoms. The molecule has 0 saturated carbocycles. The number of hydrogen-bond acceptors (Lipinski definition) is 8. The number of nitrogens with one attached hydrogen (secondary N) is 1. The summed E-state index contributed by atoms with van der Waals surface area (Å²) >= 11 is 1.68. The lowest BCUT2D eigenvalue weighted by atomic mass is 10.3. The number of nitrogens with zero attached hydrogens (tertiary/aromatic N) is 5. The number of aryl methyl sites for hydroxylation is 1. The van der Waals surface area contributed by atoms with Crippen LogP contribution in [0.25, 0.3) is 0 Å². The molecule has 1 fully saturated rings. The molecule has 0 amide bonds. The van der Waals surface area contributed by atoms with E-state index in [0.29, 0.717) is 5.82 Å². The fourth-order valence-corrected chi connectivity index (χ4v) is 3.07. The standard InChI is InChI=1S/C13H19N7S/c1-2-10-16-11(18-14)9-12(17-10)19-4-6-20(7-5-19)13-15-3-8-21-13/h3,8-9H,2,4-7,14H2,1H3,(H,16,17,18). The fourth-order valence-electron chi connectivity index (χ4n) is 2.38. The summed E-state index contributed by atoms with van der Waals surface area (Å²) in [5, 5.41) is 3.11. The summed E-state index contributed by atoms with van der Waals surface area (Å²) in [6.45, 7) is 5.78. The van der Waals surface area contributed by atoms with Crippen LogP contribution >= 0.6 is 11.3 Å². The Balaban J connectivity index is 1.71. The molecular weight excluding hydrogens is 286 g/mol. The van der Waals surface area contributed by atoms with Crippen molar-refractivity contribution >= 4 is 28.1 Å². The van der Waals surface area contributed by atoms with E-state index in [1.165, 1.54) is 0 Å². The maximum atomic E-state index is 5.48. The van der Waals surface area contributed by atoms with Gasteiger partial charge in [0.05, 0.1) is 0 Å². The van der Waals surface area contributed by atoms with Crippen LogP contribution in [0.1, 0.15) is 12.7 Å². The molecule has 0 radical (unpaired) electrons. The normalized spacial score (nSPS) is 15.3. The van der Waals surface area contributed by atoms with E-state index in [-0.39, 0.29) is 0 Å². The summed E-state index contributed by atoms with van der Waals surface area (Å²) in [4.78, 5) is 17.9. The number of piperazine rings is 1. The third kappa shape index (κ3) is 3.06. The van der Waals surface area contributed by atoms with Crippen molar-refractivity contribution in [2.45, 2.75) is 13.3 Å². The number of nitrogens with two attached hydrogens (primary N) is 1. The lowest BCUT2D eigenvalue weighted by molar-refractivity contribution is 0.643. The van der Waals surface area contributed by atoms with Gasteiger partial charge in [0.1, 0.15) is 17.5 Å². The van der Waals surface area contributed by atoms with Gasteiger partial charge in [-0.1, -0.05) is 6.92 Å². The van der Waals surface area contributed by atoms with E-state index in [1.807, 2.05) is 24.6 Å². The lowest BCUT2D eigenvalue weighted by Crippen LogP contribution is -2.47. The number of thiazole rings is 1. The first-order chi connectivity index (χ1) is 10.3. The van der Waals surface area contributed by atoms with Crippen LogP contribution in [-0.4, -0.2) is 41.1 Å². The summed E-state index contributed by atoms with van der Waals surface area (Å²) in [5.74, 6) is 7.90. The second kappa shape index (κ2) is 6.23. The maximum absolute atomic E-state index is 5.48. The molecule has 1 aliphatic heterocycles. The second-order valence-corrected chi connectivity index (χ2v) is 5.69. The van der Waals surface area contributed by atoms with Crippen LogP contribution in [0.2, 0.25) is 0 Å². The van der Waals surface area contributed by atoms with Crippen molar-refractivity contribution < 1.29 is 0 Å². The average molecular weight is 305 g/mol. The van der Waals surface area contributed by atoms with Crippen LogP contribution < -0.4 is 21.1 Å². The minimum Gasteiger partial charge on any atom is -0.353 e. The van der Waals surface area contributed by atoms with Crippen molar-refractivity contribution in [2.75, 3.05) is 41.4 Å². The molecule has 2 aromatic heterocycles. The Hall–Kier alpha value is -1.93. The predicted octanol–water partition coefficient (Wildman–Crippen LogP) is 1.11. The van der Waals surface area contributed by atoms with Crippen LogP contribution in [0.5, 0.6) is 0 Å². The first-order valence-corrected chi connectivity index (χ1v) is 7.92. The zero-order chi connectivity index (χ0) is 14.7. The number of nitrogen functional groups attached to an aromatic ring is 1. The van der Waals surface area contributed by atoms with Gasteiger partial charge >= 0.3 is 0 Å². The van der Waals surface area contributed by atoms with E-state index in [0.717, 1.165) is 49.4 Å². The molecule has 0 unspecified atom stereocenters. The van der Waals surface area contributed by atoms with E-state index in [1.54, 1.807) is 11.3 Å². The number of hydrogen-bond donors (Lipinski definition) is 2. The van der Waals surface area contributed by atoms with Crippen LogP contribution in [0.4, 0.5) is 16.8 Å². The van der Waals surface area contributed by atoms with Crippen LogP contribution in [-0.2, 0) is 6.42 Å². The summed E-state index contributed by atoms with van der Waals surface area (Å²) < 4.78 is 0. The van der Waals surface area contributed by atoms with Gasteiger partial charge in [-0.2, -0.15) is 0 Å². The monoisotopic (exact) mass is 305 g/mol. The number of hydrazine groups is 1. The molecular formula is C13H19N7S. The molecule has 1 aliphatic rings. The van der Waals surface area contributed by atoms with Crippen LogP contribution in [0.3, 0.4) is 0 Å². The Labute approximate surface area is 127 Å².